The summed E-state index contributed by atoms with van der Waals surface area (Å²) in [5, 5.41) is -0.291. The quantitative estimate of drug-likeness (QED) is 0.850. The summed E-state index contributed by atoms with van der Waals surface area (Å²) in [5.41, 5.74) is 2.52. The molecule has 2 fully saturated rings. The van der Waals surface area contributed by atoms with E-state index in [1.54, 1.807) is 4.90 Å². The largest absolute Gasteiger partial charge is 0.341 e. The van der Waals surface area contributed by atoms with Gasteiger partial charge >= 0.3 is 0 Å². The first-order chi connectivity index (χ1) is 11.0. The van der Waals surface area contributed by atoms with Gasteiger partial charge in [0, 0.05) is 19.0 Å². The average molecular weight is 335 g/mol. The monoisotopic (exact) mass is 335 g/mol. The third-order valence-corrected chi connectivity index (χ3v) is 7.44. The van der Waals surface area contributed by atoms with E-state index >= 15 is 0 Å². The van der Waals surface area contributed by atoms with Gasteiger partial charge in [0.2, 0.25) is 5.91 Å². The molecule has 4 nitrogen and oxygen atoms in total. The Labute approximate surface area is 138 Å². The van der Waals surface area contributed by atoms with E-state index < -0.39 is 9.84 Å². The maximum atomic E-state index is 12.4. The summed E-state index contributed by atoms with van der Waals surface area (Å²) in [6, 6.07) is 8.25. The van der Waals surface area contributed by atoms with Gasteiger partial charge in [-0.15, -0.1) is 0 Å². The maximum Gasteiger partial charge on any atom is 0.237 e. The number of carbonyl (C=O) groups excluding carboxylic acids is 1. The van der Waals surface area contributed by atoms with Crippen LogP contribution in [0.5, 0.6) is 0 Å². The van der Waals surface area contributed by atoms with Crippen molar-refractivity contribution < 1.29 is 13.2 Å². The van der Waals surface area contributed by atoms with E-state index in [-0.39, 0.29) is 16.9 Å². The molecule has 1 heterocycles. The molecule has 1 aromatic rings. The SMILES string of the molecule is Cc1ccccc1C1CCN(C(=O)CS(=O)(=O)C2CCCC2)C1. The van der Waals surface area contributed by atoms with E-state index in [0.29, 0.717) is 19.0 Å². The van der Waals surface area contributed by atoms with Gasteiger partial charge in [-0.3, -0.25) is 4.79 Å². The molecule has 0 aromatic heterocycles. The van der Waals surface area contributed by atoms with Crippen LogP contribution in [0.2, 0.25) is 0 Å². The van der Waals surface area contributed by atoms with Gasteiger partial charge in [-0.2, -0.15) is 0 Å². The summed E-state index contributed by atoms with van der Waals surface area (Å²) in [5.74, 6) is -0.194. The highest BCUT2D eigenvalue weighted by Crippen LogP contribution is 2.30. The van der Waals surface area contributed by atoms with Crippen LogP contribution in [0.15, 0.2) is 24.3 Å². The van der Waals surface area contributed by atoms with Crippen molar-refractivity contribution in [1.82, 2.24) is 4.90 Å². The number of amides is 1. The molecule has 3 rings (SSSR count). The topological polar surface area (TPSA) is 54.5 Å². The molecule has 2 aliphatic rings. The molecule has 1 saturated carbocycles. The Morgan fingerprint density at radius 3 is 2.57 bits per heavy atom. The zero-order valence-electron chi connectivity index (χ0n) is 13.7. The Hall–Kier alpha value is -1.36. The van der Waals surface area contributed by atoms with Gasteiger partial charge in [-0.05, 0) is 37.3 Å². The first kappa shape index (κ1) is 16.5. The summed E-state index contributed by atoms with van der Waals surface area (Å²) in [6.45, 7) is 3.40. The second kappa shape index (κ2) is 6.63. The maximum absolute atomic E-state index is 12.4. The first-order valence-corrected chi connectivity index (χ1v) is 10.2. The minimum atomic E-state index is -3.28. The first-order valence-electron chi connectivity index (χ1n) is 8.52. The Morgan fingerprint density at radius 1 is 1.17 bits per heavy atom. The van der Waals surface area contributed by atoms with Crippen LogP contribution in [-0.2, 0) is 14.6 Å². The average Bonchev–Trinajstić information content (AvgIpc) is 3.19. The fourth-order valence-electron chi connectivity index (χ4n) is 3.91. The van der Waals surface area contributed by atoms with E-state index in [1.807, 2.05) is 12.1 Å². The molecule has 1 aliphatic carbocycles. The molecular weight excluding hydrogens is 310 g/mol. The lowest BCUT2D eigenvalue weighted by Crippen LogP contribution is -2.36. The predicted molar refractivity (Wildman–Crippen MR) is 91.2 cm³/mol. The van der Waals surface area contributed by atoms with Gasteiger partial charge in [0.1, 0.15) is 5.75 Å². The Balaban J connectivity index is 1.62. The number of sulfone groups is 1. The van der Waals surface area contributed by atoms with E-state index in [1.165, 1.54) is 11.1 Å². The van der Waals surface area contributed by atoms with Gasteiger partial charge in [-0.1, -0.05) is 37.1 Å². The number of likely N-dealkylation sites (tertiary alicyclic amines) is 1. The number of carbonyl (C=O) groups is 1. The number of hydrogen-bond donors (Lipinski definition) is 0. The molecule has 5 heteroatoms. The van der Waals surface area contributed by atoms with Gasteiger partial charge < -0.3 is 4.90 Å². The standard InChI is InChI=1S/C18H25NO3S/c1-14-6-2-5-9-17(14)15-10-11-19(12-15)18(20)13-23(21,22)16-7-3-4-8-16/h2,5-6,9,15-16H,3-4,7-8,10-13H2,1H3. The molecule has 1 saturated heterocycles. The van der Waals surface area contributed by atoms with Crippen molar-refractivity contribution in [3.8, 4) is 0 Å². The smallest absolute Gasteiger partial charge is 0.237 e. The van der Waals surface area contributed by atoms with Crippen molar-refractivity contribution in [2.24, 2.45) is 0 Å². The van der Waals surface area contributed by atoms with Crippen LogP contribution in [-0.4, -0.2) is 43.3 Å². The third kappa shape index (κ3) is 3.60. The molecule has 0 spiro atoms. The molecular formula is C18H25NO3S. The van der Waals surface area contributed by atoms with Crippen molar-refractivity contribution in [2.75, 3.05) is 18.8 Å². The molecule has 1 unspecified atom stereocenters. The molecule has 23 heavy (non-hydrogen) atoms. The molecule has 1 aromatic carbocycles. The number of aryl methyl sites for hydroxylation is 1. The van der Waals surface area contributed by atoms with Crippen molar-refractivity contribution in [3.05, 3.63) is 35.4 Å². The van der Waals surface area contributed by atoms with Crippen LogP contribution < -0.4 is 0 Å². The lowest BCUT2D eigenvalue weighted by molar-refractivity contribution is -0.127. The summed E-state index contributed by atoms with van der Waals surface area (Å²) < 4.78 is 24.7. The highest BCUT2D eigenvalue weighted by Gasteiger charge is 2.34. The highest BCUT2D eigenvalue weighted by atomic mass is 32.2. The normalized spacial score (nSPS) is 22.7. The van der Waals surface area contributed by atoms with Crippen molar-refractivity contribution in [2.45, 2.75) is 50.2 Å². The Morgan fingerprint density at radius 2 is 1.87 bits per heavy atom. The number of hydrogen-bond acceptors (Lipinski definition) is 3. The summed E-state index contributed by atoms with van der Waals surface area (Å²) in [7, 11) is -3.28. The molecule has 1 amide bonds. The lowest BCUT2D eigenvalue weighted by Gasteiger charge is -2.19. The molecule has 0 radical (unpaired) electrons. The van der Waals surface area contributed by atoms with Crippen LogP contribution in [0, 0.1) is 6.92 Å². The minimum absolute atomic E-state index is 0.215. The zero-order chi connectivity index (χ0) is 16.4. The summed E-state index contributed by atoms with van der Waals surface area (Å²) >= 11 is 0. The molecule has 126 valence electrons. The van der Waals surface area contributed by atoms with E-state index in [2.05, 4.69) is 19.1 Å². The van der Waals surface area contributed by atoms with Crippen molar-refractivity contribution >= 4 is 15.7 Å². The highest BCUT2D eigenvalue weighted by molar-refractivity contribution is 7.92. The van der Waals surface area contributed by atoms with Crippen LogP contribution >= 0.6 is 0 Å². The van der Waals surface area contributed by atoms with Gasteiger partial charge in [0.05, 0.1) is 5.25 Å². The fraction of sp³-hybridized carbons (Fsp3) is 0.611. The lowest BCUT2D eigenvalue weighted by atomic mass is 9.94. The summed E-state index contributed by atoms with van der Waals surface area (Å²) in [6.07, 6.45) is 4.30. The summed E-state index contributed by atoms with van der Waals surface area (Å²) in [4.78, 5) is 14.2. The second-order valence-corrected chi connectivity index (χ2v) is 9.18. The second-order valence-electron chi connectivity index (χ2n) is 6.90. The van der Waals surface area contributed by atoms with Crippen LogP contribution in [0.3, 0.4) is 0 Å². The van der Waals surface area contributed by atoms with Gasteiger partial charge in [0.15, 0.2) is 9.84 Å². The van der Waals surface area contributed by atoms with Crippen molar-refractivity contribution in [3.63, 3.8) is 0 Å². The Bertz CT molecular complexity index is 677. The molecule has 1 aliphatic heterocycles. The third-order valence-electron chi connectivity index (χ3n) is 5.30. The minimum Gasteiger partial charge on any atom is -0.341 e. The Kier molecular flexibility index (Phi) is 4.76. The van der Waals surface area contributed by atoms with Crippen molar-refractivity contribution in [1.29, 1.82) is 0 Å². The number of benzene rings is 1. The number of nitrogens with zero attached hydrogens (tertiary/aromatic N) is 1. The molecule has 0 N–H and O–H groups in total. The van der Waals surface area contributed by atoms with Crippen LogP contribution in [0.25, 0.3) is 0 Å². The number of rotatable bonds is 4. The van der Waals surface area contributed by atoms with E-state index in [9.17, 15) is 13.2 Å². The van der Waals surface area contributed by atoms with Gasteiger partial charge in [0.25, 0.3) is 0 Å². The van der Waals surface area contributed by atoms with E-state index in [4.69, 9.17) is 0 Å². The predicted octanol–water partition coefficient (Wildman–Crippen LogP) is 2.67. The van der Waals surface area contributed by atoms with Gasteiger partial charge in [-0.25, -0.2) is 8.42 Å². The fourth-order valence-corrected chi connectivity index (χ4v) is 5.73. The molecule has 0 bridgehead atoms. The van der Waals surface area contributed by atoms with Crippen LogP contribution in [0.4, 0.5) is 0 Å². The van der Waals surface area contributed by atoms with Crippen LogP contribution in [0.1, 0.15) is 49.1 Å². The van der Waals surface area contributed by atoms with E-state index in [0.717, 1.165) is 32.1 Å². The zero-order valence-corrected chi connectivity index (χ0v) is 14.5. The molecule has 1 atom stereocenters.